The van der Waals surface area contributed by atoms with E-state index >= 15 is 0 Å². The van der Waals surface area contributed by atoms with Crippen molar-refractivity contribution in [1.82, 2.24) is 5.32 Å². The molecule has 1 aromatic carbocycles. The van der Waals surface area contributed by atoms with Crippen LogP contribution in [-0.4, -0.2) is 37.3 Å². The summed E-state index contributed by atoms with van der Waals surface area (Å²) in [6.45, 7) is 11.7. The van der Waals surface area contributed by atoms with Gasteiger partial charge in [-0.25, -0.2) is 4.39 Å². The van der Waals surface area contributed by atoms with E-state index in [1.54, 1.807) is 11.8 Å². The van der Waals surface area contributed by atoms with Crippen molar-refractivity contribution in [3.05, 3.63) is 76.1 Å². The van der Waals surface area contributed by atoms with Crippen LogP contribution in [0.25, 0.3) is 0 Å². The van der Waals surface area contributed by atoms with E-state index in [9.17, 15) is 9.50 Å². The number of phenolic OH excluding ortho intramolecular Hbond substituents is 1. The zero-order valence-electron chi connectivity index (χ0n) is 17.7. The number of thioether (sulfide) groups is 1. The van der Waals surface area contributed by atoms with E-state index in [1.165, 1.54) is 18.2 Å². The molecule has 1 atom stereocenters. The Kier molecular flexibility index (Phi) is 6.62. The highest BCUT2D eigenvalue weighted by molar-refractivity contribution is 8.03. The molecule has 2 N–H and O–H groups in total. The Bertz CT molecular complexity index is 931. The summed E-state index contributed by atoms with van der Waals surface area (Å²) in [7, 11) is 0. The van der Waals surface area contributed by atoms with Crippen LogP contribution >= 0.6 is 11.8 Å². The molecule has 1 unspecified atom stereocenters. The number of benzene rings is 1. The summed E-state index contributed by atoms with van der Waals surface area (Å²) in [5, 5.41) is 14.0. The minimum absolute atomic E-state index is 0.0910. The second-order valence-corrected chi connectivity index (χ2v) is 9.01. The molecule has 5 nitrogen and oxygen atoms in total. The van der Waals surface area contributed by atoms with Crippen molar-refractivity contribution in [2.24, 2.45) is 5.92 Å². The molecule has 31 heavy (non-hydrogen) atoms. The Hall–Kier alpha value is -2.38. The molecule has 3 aliphatic rings. The minimum Gasteiger partial charge on any atom is -0.508 e. The van der Waals surface area contributed by atoms with Gasteiger partial charge in [-0.2, -0.15) is 0 Å². The molecular formula is C24H28FNO4S. The molecule has 1 saturated carbocycles. The monoisotopic (exact) mass is 445 g/mol. The third-order valence-electron chi connectivity index (χ3n) is 5.62. The van der Waals surface area contributed by atoms with Crippen molar-refractivity contribution in [2.45, 2.75) is 25.7 Å². The second-order valence-electron chi connectivity index (χ2n) is 7.87. The number of nitrogens with one attached hydrogen (secondary N) is 1. The molecule has 0 amide bonds. The fourth-order valence-corrected chi connectivity index (χ4v) is 5.04. The van der Waals surface area contributed by atoms with Crippen LogP contribution < -0.4 is 5.32 Å². The average molecular weight is 446 g/mol. The largest absolute Gasteiger partial charge is 0.508 e. The summed E-state index contributed by atoms with van der Waals surface area (Å²) in [5.41, 5.74) is 2.62. The Balaban J connectivity index is 1.59. The van der Waals surface area contributed by atoms with Crippen LogP contribution in [0.5, 0.6) is 5.75 Å². The molecule has 0 aromatic heterocycles. The van der Waals surface area contributed by atoms with Crippen LogP contribution in [0.1, 0.15) is 31.2 Å². The number of aromatic hydroxyl groups is 1. The molecule has 166 valence electrons. The number of allylic oxidation sites excluding steroid dienone is 4. The van der Waals surface area contributed by atoms with E-state index in [1.807, 2.05) is 6.92 Å². The van der Waals surface area contributed by atoms with Crippen LogP contribution in [-0.2, 0) is 14.2 Å². The van der Waals surface area contributed by atoms with Crippen molar-refractivity contribution in [1.29, 1.82) is 0 Å². The Labute approximate surface area is 186 Å². The van der Waals surface area contributed by atoms with Gasteiger partial charge in [0.2, 0.25) is 0 Å². The van der Waals surface area contributed by atoms with Crippen LogP contribution in [0.3, 0.4) is 0 Å². The Morgan fingerprint density at radius 3 is 2.81 bits per heavy atom. The number of halogens is 1. The Morgan fingerprint density at radius 2 is 2.06 bits per heavy atom. The molecule has 0 spiro atoms. The molecule has 0 radical (unpaired) electrons. The second kappa shape index (κ2) is 9.40. The molecule has 0 saturated heterocycles. The Morgan fingerprint density at radius 1 is 1.29 bits per heavy atom. The summed E-state index contributed by atoms with van der Waals surface area (Å²) < 4.78 is 32.2. The first-order valence-corrected chi connectivity index (χ1v) is 11.5. The molecule has 4 rings (SSSR count). The molecule has 2 aliphatic heterocycles. The topological polar surface area (TPSA) is 60.0 Å². The maximum atomic E-state index is 15.0. The summed E-state index contributed by atoms with van der Waals surface area (Å²) in [5.74, 6) is 1.36. The van der Waals surface area contributed by atoms with Gasteiger partial charge in [-0.15, -0.1) is 11.8 Å². The van der Waals surface area contributed by atoms with Crippen LogP contribution in [0.4, 0.5) is 4.39 Å². The minimum atomic E-state index is -0.529. The van der Waals surface area contributed by atoms with Crippen molar-refractivity contribution in [3.63, 3.8) is 0 Å². The van der Waals surface area contributed by atoms with E-state index in [0.717, 1.165) is 46.2 Å². The zero-order valence-corrected chi connectivity index (χ0v) is 18.5. The highest BCUT2D eigenvalue weighted by Gasteiger charge is 2.36. The van der Waals surface area contributed by atoms with Gasteiger partial charge < -0.3 is 24.6 Å². The lowest BCUT2D eigenvalue weighted by molar-refractivity contribution is 0.114. The number of phenols is 1. The quantitative estimate of drug-likeness (QED) is 0.437. The van der Waals surface area contributed by atoms with Gasteiger partial charge in [0.05, 0.1) is 30.6 Å². The highest BCUT2D eigenvalue weighted by Crippen LogP contribution is 2.49. The number of rotatable bonds is 8. The maximum Gasteiger partial charge on any atom is 0.131 e. The fourth-order valence-electron chi connectivity index (χ4n) is 3.94. The van der Waals surface area contributed by atoms with E-state index in [2.05, 4.69) is 18.5 Å². The van der Waals surface area contributed by atoms with Gasteiger partial charge in [0.1, 0.15) is 30.5 Å². The zero-order chi connectivity index (χ0) is 22.0. The molecule has 7 heteroatoms. The summed E-state index contributed by atoms with van der Waals surface area (Å²) in [4.78, 5) is 0.918. The summed E-state index contributed by atoms with van der Waals surface area (Å²) in [6.07, 6.45) is 2.27. The van der Waals surface area contributed by atoms with E-state index < -0.39 is 11.7 Å². The predicted octanol–water partition coefficient (Wildman–Crippen LogP) is 4.94. The third-order valence-corrected chi connectivity index (χ3v) is 6.78. The van der Waals surface area contributed by atoms with Gasteiger partial charge in [0.25, 0.3) is 0 Å². The van der Waals surface area contributed by atoms with Crippen LogP contribution in [0.15, 0.2) is 64.7 Å². The van der Waals surface area contributed by atoms with Crippen molar-refractivity contribution in [3.8, 4) is 5.75 Å². The van der Waals surface area contributed by atoms with E-state index in [4.69, 9.17) is 14.2 Å². The smallest absolute Gasteiger partial charge is 0.131 e. The number of hydrogen-bond acceptors (Lipinski definition) is 6. The standard InChI is InChI=1S/C24H28FNO4S/c1-14-21(16(3)30-10-9-29-15(2)17-7-8-17)23(22-18(25)5-4-6-20(22)27)24-19(26-14)13-28-11-12-31-24/h4-6,17,23,26-27H,2-3,7-13H2,1H3. The maximum absolute atomic E-state index is 15.0. The van der Waals surface area contributed by atoms with E-state index in [-0.39, 0.29) is 11.3 Å². The first-order valence-electron chi connectivity index (χ1n) is 10.5. The lowest BCUT2D eigenvalue weighted by atomic mass is 9.84. The number of dihydropyridines is 1. The lowest BCUT2D eigenvalue weighted by Gasteiger charge is -2.33. The molecule has 0 bridgehead atoms. The number of ether oxygens (including phenoxy) is 3. The SMILES string of the molecule is C=C(OCCOC(=C)C1CC1)C1=C(C)NC2=C(SCCOC2)C1c1c(O)cccc1F. The lowest BCUT2D eigenvalue weighted by Crippen LogP contribution is -2.28. The van der Waals surface area contributed by atoms with Gasteiger partial charge in [-0.05, 0) is 31.9 Å². The fraction of sp³-hybridized carbons (Fsp3) is 0.417. The van der Waals surface area contributed by atoms with Gasteiger partial charge >= 0.3 is 0 Å². The average Bonchev–Trinajstić information content (AvgIpc) is 3.58. The first-order chi connectivity index (χ1) is 15.0. The van der Waals surface area contributed by atoms with Gasteiger partial charge in [-0.3, -0.25) is 0 Å². The molecule has 1 aromatic rings. The summed E-state index contributed by atoms with van der Waals surface area (Å²) in [6, 6.07) is 4.37. The first kappa shape index (κ1) is 21.8. The molecular weight excluding hydrogens is 417 g/mol. The van der Waals surface area contributed by atoms with Crippen LogP contribution in [0.2, 0.25) is 0 Å². The number of hydrogen-bond donors (Lipinski definition) is 2. The van der Waals surface area contributed by atoms with Crippen LogP contribution in [0, 0.1) is 11.7 Å². The molecule has 1 fully saturated rings. The van der Waals surface area contributed by atoms with Gasteiger partial charge in [-0.1, -0.05) is 19.2 Å². The molecule has 1 aliphatic carbocycles. The van der Waals surface area contributed by atoms with E-state index in [0.29, 0.717) is 38.1 Å². The predicted molar refractivity (Wildman–Crippen MR) is 120 cm³/mol. The van der Waals surface area contributed by atoms with Crippen molar-refractivity contribution < 1.29 is 23.7 Å². The normalized spacial score (nSPS) is 21.2. The third kappa shape index (κ3) is 4.77. The summed E-state index contributed by atoms with van der Waals surface area (Å²) >= 11 is 1.60. The van der Waals surface area contributed by atoms with Gasteiger partial charge in [0, 0.05) is 33.4 Å². The van der Waals surface area contributed by atoms with Crippen molar-refractivity contribution >= 4 is 11.8 Å². The highest BCUT2D eigenvalue weighted by atomic mass is 32.2. The van der Waals surface area contributed by atoms with Crippen molar-refractivity contribution in [2.75, 3.05) is 32.2 Å². The van der Waals surface area contributed by atoms with Gasteiger partial charge in [0.15, 0.2) is 0 Å². The molecule has 2 heterocycles.